The number of carbonyl (C=O) groups excluding carboxylic acids is 1. The number of aliphatic carboxylic acids is 1. The highest BCUT2D eigenvalue weighted by molar-refractivity contribution is 9.09. The topological polar surface area (TPSA) is 149 Å². The molecule has 1 amide bonds. The Morgan fingerprint density at radius 2 is 0.833 bits per heavy atom. The van der Waals surface area contributed by atoms with E-state index in [9.17, 15) is 9.59 Å². The molecule has 0 unspecified atom stereocenters. The fourth-order valence-corrected chi connectivity index (χ4v) is 2.47. The molecule has 0 saturated heterocycles. The van der Waals surface area contributed by atoms with Crippen LogP contribution in [0.25, 0.3) is 0 Å². The van der Waals surface area contributed by atoms with E-state index >= 15 is 0 Å². The number of halogens is 1. The largest absolute Gasteiger partial charge is 0.480 e. The number of carboxylic acid groups (broad SMARTS) is 1. The number of carboxylic acids is 1. The molecule has 214 valence electrons. The highest BCUT2D eigenvalue weighted by Gasteiger charge is 2.03. The zero-order chi connectivity index (χ0) is 26.4. The minimum atomic E-state index is -1.12. The molecule has 0 saturated carbocycles. The standard InChI is InChI=1S/C22H42BrNO12/c23-1-3-28-5-7-30-9-11-32-13-15-34-17-18-35-16-14-33-12-10-31-8-6-29-4-2-24-21(25)19-36-20-22(26)27/h1-20H2,(H,24,25)(H,26,27). The first-order chi connectivity index (χ1) is 17.7. The quantitative estimate of drug-likeness (QED) is 0.0836. The lowest BCUT2D eigenvalue weighted by molar-refractivity contribution is -0.143. The summed E-state index contributed by atoms with van der Waals surface area (Å²) in [4.78, 5) is 21.6. The van der Waals surface area contributed by atoms with Gasteiger partial charge >= 0.3 is 5.97 Å². The van der Waals surface area contributed by atoms with Crippen LogP contribution in [0, 0.1) is 0 Å². The van der Waals surface area contributed by atoms with Gasteiger partial charge in [0.1, 0.15) is 13.2 Å². The van der Waals surface area contributed by atoms with Crippen molar-refractivity contribution in [2.75, 3.05) is 131 Å². The second-order valence-corrected chi connectivity index (χ2v) is 7.62. The summed E-state index contributed by atoms with van der Waals surface area (Å²) in [5.74, 6) is -1.51. The van der Waals surface area contributed by atoms with Gasteiger partial charge in [-0.05, 0) is 0 Å². The molecule has 2 N–H and O–H groups in total. The molecule has 0 aliphatic rings. The lowest BCUT2D eigenvalue weighted by Gasteiger charge is -2.09. The minimum Gasteiger partial charge on any atom is -0.480 e. The molecule has 0 aromatic carbocycles. The summed E-state index contributed by atoms with van der Waals surface area (Å²) < 4.78 is 47.6. The summed E-state index contributed by atoms with van der Waals surface area (Å²) >= 11 is 3.29. The Balaban J connectivity index is 3.09. The van der Waals surface area contributed by atoms with Crippen molar-refractivity contribution in [3.05, 3.63) is 0 Å². The van der Waals surface area contributed by atoms with Crippen molar-refractivity contribution in [3.63, 3.8) is 0 Å². The number of rotatable bonds is 30. The smallest absolute Gasteiger partial charge is 0.329 e. The first-order valence-electron chi connectivity index (χ1n) is 11.9. The maximum atomic E-state index is 11.3. The van der Waals surface area contributed by atoms with E-state index in [2.05, 4.69) is 26.0 Å². The third-order valence-electron chi connectivity index (χ3n) is 3.85. The Bertz CT molecular complexity index is 490. The lowest BCUT2D eigenvalue weighted by atomic mass is 10.6. The van der Waals surface area contributed by atoms with Gasteiger partial charge in [0.25, 0.3) is 0 Å². The molecule has 0 aromatic rings. The van der Waals surface area contributed by atoms with Gasteiger partial charge in [-0.1, -0.05) is 15.9 Å². The zero-order valence-corrected chi connectivity index (χ0v) is 22.5. The number of alkyl halides is 1. The van der Waals surface area contributed by atoms with Crippen LogP contribution >= 0.6 is 15.9 Å². The van der Waals surface area contributed by atoms with E-state index in [1.807, 2.05) is 0 Å². The average Bonchev–Trinajstić information content (AvgIpc) is 2.86. The highest BCUT2D eigenvalue weighted by atomic mass is 79.9. The molecular formula is C22H42BrNO12. The number of amides is 1. The van der Waals surface area contributed by atoms with Crippen molar-refractivity contribution in [2.24, 2.45) is 0 Å². The van der Waals surface area contributed by atoms with Crippen molar-refractivity contribution >= 4 is 27.8 Å². The summed E-state index contributed by atoms with van der Waals surface area (Å²) in [6.07, 6.45) is 0. The summed E-state index contributed by atoms with van der Waals surface area (Å²) in [5.41, 5.74) is 0. The van der Waals surface area contributed by atoms with Crippen LogP contribution in [0.4, 0.5) is 0 Å². The van der Waals surface area contributed by atoms with E-state index in [1.54, 1.807) is 0 Å². The van der Waals surface area contributed by atoms with Gasteiger partial charge in [0.2, 0.25) is 5.91 Å². The van der Waals surface area contributed by atoms with Gasteiger partial charge in [-0.15, -0.1) is 0 Å². The fourth-order valence-electron chi connectivity index (χ4n) is 2.24. The van der Waals surface area contributed by atoms with E-state index in [1.165, 1.54) is 0 Å². The Morgan fingerprint density at radius 3 is 1.17 bits per heavy atom. The van der Waals surface area contributed by atoms with Crippen LogP contribution in [-0.2, 0) is 52.2 Å². The van der Waals surface area contributed by atoms with Crippen LogP contribution in [0.3, 0.4) is 0 Å². The van der Waals surface area contributed by atoms with Crippen LogP contribution in [0.2, 0.25) is 0 Å². The Morgan fingerprint density at radius 1 is 0.500 bits per heavy atom. The van der Waals surface area contributed by atoms with E-state index in [4.69, 9.17) is 43.0 Å². The second-order valence-electron chi connectivity index (χ2n) is 6.82. The van der Waals surface area contributed by atoms with Gasteiger partial charge in [0.05, 0.1) is 106 Å². The van der Waals surface area contributed by atoms with E-state index in [0.29, 0.717) is 112 Å². The first kappa shape index (κ1) is 35.1. The predicted octanol–water partition coefficient (Wildman–Crippen LogP) is -0.268. The number of carbonyl (C=O) groups is 2. The third kappa shape index (κ3) is 31.1. The average molecular weight is 592 g/mol. The molecule has 0 aromatic heterocycles. The Labute approximate surface area is 221 Å². The minimum absolute atomic E-state index is 0.296. The maximum absolute atomic E-state index is 11.3. The molecule has 0 atom stereocenters. The van der Waals surface area contributed by atoms with Gasteiger partial charge in [-0.25, -0.2) is 4.79 Å². The Kier molecular flexibility index (Phi) is 29.5. The van der Waals surface area contributed by atoms with Crippen molar-refractivity contribution in [1.82, 2.24) is 5.32 Å². The van der Waals surface area contributed by atoms with Gasteiger partial charge < -0.3 is 53.1 Å². The fraction of sp³-hybridized carbons (Fsp3) is 0.909. The molecule has 0 radical (unpaired) electrons. The SMILES string of the molecule is O=C(O)COCC(=O)NCCOCCOCCOCCOCCOCCOCCOCCOCCBr. The molecule has 0 rings (SSSR count). The normalized spacial score (nSPS) is 11.1. The lowest BCUT2D eigenvalue weighted by Crippen LogP contribution is -2.31. The summed E-state index contributed by atoms with van der Waals surface area (Å²) in [7, 11) is 0. The molecular weight excluding hydrogens is 550 g/mol. The summed E-state index contributed by atoms with van der Waals surface area (Å²) in [6, 6.07) is 0. The van der Waals surface area contributed by atoms with Crippen molar-refractivity contribution in [2.45, 2.75) is 0 Å². The molecule has 0 aliphatic carbocycles. The van der Waals surface area contributed by atoms with Crippen LogP contribution in [0.15, 0.2) is 0 Å². The molecule has 0 aliphatic heterocycles. The molecule has 0 fully saturated rings. The first-order valence-corrected chi connectivity index (χ1v) is 13.0. The van der Waals surface area contributed by atoms with E-state index in [0.717, 1.165) is 5.33 Å². The zero-order valence-electron chi connectivity index (χ0n) is 21.0. The molecule has 13 nitrogen and oxygen atoms in total. The highest BCUT2D eigenvalue weighted by Crippen LogP contribution is 1.86. The maximum Gasteiger partial charge on any atom is 0.329 e. The molecule has 0 spiro atoms. The predicted molar refractivity (Wildman–Crippen MR) is 132 cm³/mol. The monoisotopic (exact) mass is 591 g/mol. The second kappa shape index (κ2) is 30.3. The summed E-state index contributed by atoms with van der Waals surface area (Å²) in [6.45, 7) is 7.40. The van der Waals surface area contributed by atoms with Gasteiger partial charge in [0.15, 0.2) is 0 Å². The Hall–Kier alpha value is -0.940. The van der Waals surface area contributed by atoms with Crippen molar-refractivity contribution in [1.29, 1.82) is 0 Å². The van der Waals surface area contributed by atoms with E-state index < -0.39 is 18.5 Å². The van der Waals surface area contributed by atoms with Crippen LogP contribution in [0.5, 0.6) is 0 Å². The molecule has 0 heterocycles. The molecule has 14 heteroatoms. The van der Waals surface area contributed by atoms with Crippen LogP contribution < -0.4 is 5.32 Å². The van der Waals surface area contributed by atoms with Gasteiger partial charge in [-0.2, -0.15) is 0 Å². The van der Waals surface area contributed by atoms with Crippen molar-refractivity contribution in [3.8, 4) is 0 Å². The third-order valence-corrected chi connectivity index (χ3v) is 4.18. The number of hydrogen-bond acceptors (Lipinski definition) is 11. The number of ether oxygens (including phenoxy) is 9. The molecule has 36 heavy (non-hydrogen) atoms. The number of hydrogen-bond donors (Lipinski definition) is 2. The van der Waals surface area contributed by atoms with Crippen LogP contribution in [0.1, 0.15) is 0 Å². The van der Waals surface area contributed by atoms with Crippen molar-refractivity contribution < 1.29 is 57.3 Å². The molecule has 0 bridgehead atoms. The summed E-state index contributed by atoms with van der Waals surface area (Å²) in [5, 5.41) is 11.8. The number of nitrogens with one attached hydrogen (secondary N) is 1. The van der Waals surface area contributed by atoms with Gasteiger partial charge in [-0.3, -0.25) is 4.79 Å². The van der Waals surface area contributed by atoms with E-state index in [-0.39, 0.29) is 6.61 Å². The van der Waals surface area contributed by atoms with Gasteiger partial charge in [0, 0.05) is 11.9 Å². The van der Waals surface area contributed by atoms with Crippen LogP contribution in [-0.4, -0.2) is 148 Å².